The lowest BCUT2D eigenvalue weighted by Crippen LogP contribution is -2.15. The van der Waals surface area contributed by atoms with Crippen LogP contribution in [-0.2, 0) is 0 Å². The topological polar surface area (TPSA) is 92.4 Å². The molecule has 0 bridgehead atoms. The van der Waals surface area contributed by atoms with Crippen molar-refractivity contribution in [1.29, 1.82) is 0 Å². The summed E-state index contributed by atoms with van der Waals surface area (Å²) in [6, 6.07) is 9.65. The summed E-state index contributed by atoms with van der Waals surface area (Å²) in [6.07, 6.45) is 0. The van der Waals surface area contributed by atoms with E-state index in [1.807, 2.05) is 0 Å². The molecule has 0 radical (unpaired) electrons. The number of anilines is 2. The number of hydrogen-bond acceptors (Lipinski definition) is 3. The molecule has 2 aromatic rings. The van der Waals surface area contributed by atoms with Crippen molar-refractivity contribution in [2.24, 2.45) is 0 Å². The van der Waals surface area contributed by atoms with E-state index in [4.69, 9.17) is 5.73 Å². The molecule has 1 amide bonds. The van der Waals surface area contributed by atoms with Crippen LogP contribution in [0, 0.1) is 6.92 Å². The number of carboxylic acid groups (broad SMARTS) is 1. The molecule has 21 heavy (non-hydrogen) atoms. The average Bonchev–Trinajstić information content (AvgIpc) is 2.43. The first-order valence-corrected chi connectivity index (χ1v) is 6.88. The lowest BCUT2D eigenvalue weighted by atomic mass is 10.1. The molecule has 0 saturated heterocycles. The number of carboxylic acids is 1. The fourth-order valence-corrected chi connectivity index (χ4v) is 2.28. The summed E-state index contributed by atoms with van der Waals surface area (Å²) in [4.78, 5) is 23.5. The number of nitrogens with one attached hydrogen (secondary N) is 1. The van der Waals surface area contributed by atoms with Crippen molar-refractivity contribution in [2.45, 2.75) is 6.92 Å². The van der Waals surface area contributed by atoms with Crippen molar-refractivity contribution in [3.63, 3.8) is 0 Å². The molecule has 0 heterocycles. The highest BCUT2D eigenvalue weighted by atomic mass is 79.9. The SMILES string of the molecule is Cc1ccc(NC(=O)c2cc(N)ccc2Br)c(C(=O)O)c1. The van der Waals surface area contributed by atoms with E-state index < -0.39 is 11.9 Å². The van der Waals surface area contributed by atoms with Crippen molar-refractivity contribution in [2.75, 3.05) is 11.1 Å². The van der Waals surface area contributed by atoms with Crippen molar-refractivity contribution >= 4 is 39.2 Å². The normalized spacial score (nSPS) is 10.2. The van der Waals surface area contributed by atoms with Gasteiger partial charge in [-0.3, -0.25) is 4.79 Å². The van der Waals surface area contributed by atoms with Crippen LogP contribution in [0.5, 0.6) is 0 Å². The summed E-state index contributed by atoms with van der Waals surface area (Å²) >= 11 is 3.27. The van der Waals surface area contributed by atoms with Crippen LogP contribution in [0.15, 0.2) is 40.9 Å². The van der Waals surface area contributed by atoms with Gasteiger partial charge in [0.25, 0.3) is 5.91 Å². The first-order valence-electron chi connectivity index (χ1n) is 6.09. The predicted octanol–water partition coefficient (Wildman–Crippen LogP) is 3.29. The van der Waals surface area contributed by atoms with Crippen molar-refractivity contribution < 1.29 is 14.7 Å². The van der Waals surface area contributed by atoms with Gasteiger partial charge in [-0.2, -0.15) is 0 Å². The van der Waals surface area contributed by atoms with Gasteiger partial charge in [0.2, 0.25) is 0 Å². The van der Waals surface area contributed by atoms with Crippen LogP contribution in [0.2, 0.25) is 0 Å². The van der Waals surface area contributed by atoms with Crippen LogP contribution in [0.4, 0.5) is 11.4 Å². The standard InChI is InChI=1S/C15H13BrN2O3/c1-8-2-5-13(11(6-8)15(20)21)18-14(19)10-7-9(17)3-4-12(10)16/h2-7H,17H2,1H3,(H,18,19)(H,20,21). The number of halogens is 1. The maximum absolute atomic E-state index is 12.3. The average molecular weight is 349 g/mol. The Bertz CT molecular complexity index is 729. The van der Waals surface area contributed by atoms with E-state index in [0.29, 0.717) is 15.7 Å². The largest absolute Gasteiger partial charge is 0.478 e. The minimum Gasteiger partial charge on any atom is -0.478 e. The number of nitrogen functional groups attached to an aromatic ring is 1. The number of benzene rings is 2. The highest BCUT2D eigenvalue weighted by molar-refractivity contribution is 9.10. The first-order chi connectivity index (χ1) is 9.88. The summed E-state index contributed by atoms with van der Waals surface area (Å²) in [5.74, 6) is -1.53. The van der Waals surface area contributed by atoms with E-state index in [1.165, 1.54) is 12.1 Å². The zero-order valence-corrected chi connectivity index (χ0v) is 12.8. The molecule has 0 atom stereocenters. The van der Waals surface area contributed by atoms with E-state index in [2.05, 4.69) is 21.2 Å². The number of rotatable bonds is 3. The Morgan fingerprint density at radius 2 is 1.86 bits per heavy atom. The van der Waals surface area contributed by atoms with Crippen LogP contribution >= 0.6 is 15.9 Å². The second-order valence-electron chi connectivity index (χ2n) is 4.55. The van der Waals surface area contributed by atoms with Crippen LogP contribution in [0.1, 0.15) is 26.3 Å². The number of aryl methyl sites for hydroxylation is 1. The molecule has 0 aromatic heterocycles. The molecule has 0 spiro atoms. The van der Waals surface area contributed by atoms with Crippen LogP contribution in [0.25, 0.3) is 0 Å². The van der Waals surface area contributed by atoms with Crippen molar-refractivity contribution in [3.05, 3.63) is 57.6 Å². The molecule has 0 fully saturated rings. The van der Waals surface area contributed by atoms with Gasteiger partial charge in [0, 0.05) is 10.2 Å². The molecule has 0 unspecified atom stereocenters. The van der Waals surface area contributed by atoms with Gasteiger partial charge in [0.15, 0.2) is 0 Å². The van der Waals surface area contributed by atoms with Gasteiger partial charge in [0.1, 0.15) is 0 Å². The quantitative estimate of drug-likeness (QED) is 0.742. The minimum atomic E-state index is -1.10. The lowest BCUT2D eigenvalue weighted by Gasteiger charge is -2.10. The third kappa shape index (κ3) is 3.41. The van der Waals surface area contributed by atoms with Crippen LogP contribution in [-0.4, -0.2) is 17.0 Å². The third-order valence-corrected chi connectivity index (χ3v) is 3.58. The molecule has 2 aromatic carbocycles. The van der Waals surface area contributed by atoms with Crippen molar-refractivity contribution in [1.82, 2.24) is 0 Å². The fourth-order valence-electron chi connectivity index (χ4n) is 1.85. The van der Waals surface area contributed by atoms with Gasteiger partial charge >= 0.3 is 5.97 Å². The Balaban J connectivity index is 2.36. The summed E-state index contributed by atoms with van der Waals surface area (Å²) in [7, 11) is 0. The second-order valence-corrected chi connectivity index (χ2v) is 5.40. The molecular formula is C15H13BrN2O3. The first kappa shape index (κ1) is 15.1. The molecule has 2 rings (SSSR count). The summed E-state index contributed by atoms with van der Waals surface area (Å²) in [5.41, 5.74) is 7.54. The number of carbonyl (C=O) groups is 2. The number of nitrogens with two attached hydrogens (primary N) is 1. The second kappa shape index (κ2) is 5.97. The monoisotopic (exact) mass is 348 g/mol. The van der Waals surface area contributed by atoms with Gasteiger partial charge in [-0.15, -0.1) is 0 Å². The van der Waals surface area contributed by atoms with Crippen LogP contribution < -0.4 is 11.1 Å². The molecule has 5 nitrogen and oxygen atoms in total. The molecule has 4 N–H and O–H groups in total. The molecular weight excluding hydrogens is 336 g/mol. The van der Waals surface area contributed by atoms with Crippen molar-refractivity contribution in [3.8, 4) is 0 Å². The van der Waals surface area contributed by atoms with Gasteiger partial charge < -0.3 is 16.2 Å². The van der Waals surface area contributed by atoms with Gasteiger partial charge in [-0.1, -0.05) is 11.6 Å². The summed E-state index contributed by atoms with van der Waals surface area (Å²) in [6.45, 7) is 1.78. The third-order valence-electron chi connectivity index (χ3n) is 2.89. The maximum Gasteiger partial charge on any atom is 0.337 e. The number of hydrogen-bond donors (Lipinski definition) is 3. The molecule has 108 valence electrons. The maximum atomic E-state index is 12.3. The zero-order valence-electron chi connectivity index (χ0n) is 11.2. The molecule has 0 aliphatic rings. The van der Waals surface area contributed by atoms with Crippen LogP contribution in [0.3, 0.4) is 0 Å². The Hall–Kier alpha value is -2.34. The Labute approximate surface area is 129 Å². The van der Waals surface area contributed by atoms with E-state index >= 15 is 0 Å². The zero-order chi connectivity index (χ0) is 15.6. The van der Waals surface area contributed by atoms with E-state index in [-0.39, 0.29) is 11.3 Å². The smallest absolute Gasteiger partial charge is 0.337 e. The number of carbonyl (C=O) groups excluding carboxylic acids is 1. The predicted molar refractivity (Wildman–Crippen MR) is 84.6 cm³/mol. The van der Waals surface area contributed by atoms with E-state index in [1.54, 1.807) is 31.2 Å². The highest BCUT2D eigenvalue weighted by Crippen LogP contribution is 2.23. The van der Waals surface area contributed by atoms with Gasteiger partial charge in [0.05, 0.1) is 16.8 Å². The molecule has 0 saturated carbocycles. The minimum absolute atomic E-state index is 0.0448. The number of aromatic carboxylic acids is 1. The summed E-state index contributed by atoms with van der Waals surface area (Å²) < 4.78 is 0.582. The lowest BCUT2D eigenvalue weighted by molar-refractivity contribution is 0.0698. The highest BCUT2D eigenvalue weighted by Gasteiger charge is 2.15. The van der Waals surface area contributed by atoms with Gasteiger partial charge in [-0.05, 0) is 53.2 Å². The molecule has 6 heteroatoms. The number of amides is 1. The van der Waals surface area contributed by atoms with Gasteiger partial charge in [-0.25, -0.2) is 4.79 Å². The van der Waals surface area contributed by atoms with E-state index in [9.17, 15) is 14.7 Å². The summed E-state index contributed by atoms with van der Waals surface area (Å²) in [5, 5.41) is 11.8. The Morgan fingerprint density at radius 3 is 2.52 bits per heavy atom. The Morgan fingerprint density at radius 1 is 1.14 bits per heavy atom. The Kier molecular flexibility index (Phi) is 4.28. The molecule has 0 aliphatic carbocycles. The fraction of sp³-hybridized carbons (Fsp3) is 0.0667. The van der Waals surface area contributed by atoms with E-state index in [0.717, 1.165) is 5.56 Å². The molecule has 0 aliphatic heterocycles.